The van der Waals surface area contributed by atoms with E-state index in [0.717, 1.165) is 5.52 Å². The lowest BCUT2D eigenvalue weighted by molar-refractivity contribution is -0.115. The van der Waals surface area contributed by atoms with Gasteiger partial charge in [-0.1, -0.05) is 43.0 Å². The summed E-state index contributed by atoms with van der Waals surface area (Å²) in [5.74, 6) is -0.729. The molecule has 3 aromatic rings. The highest BCUT2D eigenvalue weighted by Crippen LogP contribution is 2.29. The first-order valence-corrected chi connectivity index (χ1v) is 8.13. The number of oxazole rings is 1. The van der Waals surface area contributed by atoms with E-state index in [-0.39, 0.29) is 11.6 Å². The fraction of sp³-hybridized carbons (Fsp3) is 0.176. The van der Waals surface area contributed by atoms with E-state index in [0.29, 0.717) is 17.2 Å². The first-order chi connectivity index (χ1) is 11.2. The van der Waals surface area contributed by atoms with Gasteiger partial charge in [0.15, 0.2) is 5.58 Å². The summed E-state index contributed by atoms with van der Waals surface area (Å²) in [7, 11) is 0. The van der Waals surface area contributed by atoms with E-state index >= 15 is 0 Å². The molecule has 1 heterocycles. The van der Waals surface area contributed by atoms with Crippen molar-refractivity contribution in [2.45, 2.75) is 23.8 Å². The van der Waals surface area contributed by atoms with Crippen LogP contribution in [0.3, 0.4) is 0 Å². The smallest absolute Gasteiger partial charge is 0.257 e. The summed E-state index contributed by atoms with van der Waals surface area (Å²) >= 11 is 1.24. The molecule has 4 nitrogen and oxygen atoms in total. The first kappa shape index (κ1) is 15.6. The highest BCUT2D eigenvalue weighted by Gasteiger charge is 2.21. The van der Waals surface area contributed by atoms with E-state index in [1.54, 1.807) is 12.1 Å². The zero-order valence-corrected chi connectivity index (χ0v) is 13.3. The van der Waals surface area contributed by atoms with Gasteiger partial charge in [-0.3, -0.25) is 4.79 Å². The molecule has 2 aromatic carbocycles. The number of thioether (sulfide) groups is 1. The Labute approximate surface area is 137 Å². The fourth-order valence-electron chi connectivity index (χ4n) is 2.12. The molecule has 118 valence electrons. The number of halogens is 1. The van der Waals surface area contributed by atoms with Gasteiger partial charge in [-0.05, 0) is 30.7 Å². The van der Waals surface area contributed by atoms with Gasteiger partial charge < -0.3 is 9.73 Å². The third-order valence-electron chi connectivity index (χ3n) is 3.31. The number of aromatic nitrogens is 1. The molecule has 0 radical (unpaired) electrons. The van der Waals surface area contributed by atoms with Crippen LogP contribution < -0.4 is 5.32 Å². The summed E-state index contributed by atoms with van der Waals surface area (Å²) in [5.41, 5.74) is 1.60. The van der Waals surface area contributed by atoms with Crippen LogP contribution in [0.5, 0.6) is 0 Å². The van der Waals surface area contributed by atoms with Crippen LogP contribution >= 0.6 is 11.8 Å². The quantitative estimate of drug-likeness (QED) is 0.701. The predicted octanol–water partition coefficient (Wildman–Crippen LogP) is 4.48. The molecule has 1 atom stereocenters. The van der Waals surface area contributed by atoms with Crippen molar-refractivity contribution in [3.05, 3.63) is 54.3 Å². The largest absolute Gasteiger partial charge is 0.431 e. The highest BCUT2D eigenvalue weighted by molar-refractivity contribution is 8.00. The number of rotatable bonds is 5. The van der Waals surface area contributed by atoms with Crippen molar-refractivity contribution < 1.29 is 13.6 Å². The van der Waals surface area contributed by atoms with Crippen molar-refractivity contribution in [1.82, 2.24) is 4.98 Å². The zero-order valence-electron chi connectivity index (χ0n) is 12.5. The lowest BCUT2D eigenvalue weighted by atomic mass is 10.2. The summed E-state index contributed by atoms with van der Waals surface area (Å²) in [6.45, 7) is 1.89. The Hall–Kier alpha value is -2.34. The molecule has 6 heteroatoms. The Morgan fingerprint density at radius 3 is 2.74 bits per heavy atom. The van der Waals surface area contributed by atoms with E-state index in [1.807, 2.05) is 31.2 Å². The Morgan fingerprint density at radius 1 is 1.26 bits per heavy atom. The number of fused-ring (bicyclic) bond motifs is 1. The van der Waals surface area contributed by atoms with Gasteiger partial charge in [0.1, 0.15) is 11.3 Å². The summed E-state index contributed by atoms with van der Waals surface area (Å²) in [6.07, 6.45) is 0.573. The van der Waals surface area contributed by atoms with Crippen LogP contribution in [0.25, 0.3) is 11.1 Å². The second-order valence-electron chi connectivity index (χ2n) is 4.93. The van der Waals surface area contributed by atoms with Crippen molar-refractivity contribution in [2.24, 2.45) is 0 Å². The summed E-state index contributed by atoms with van der Waals surface area (Å²) in [4.78, 5) is 16.7. The van der Waals surface area contributed by atoms with E-state index < -0.39 is 11.1 Å². The lowest BCUT2D eigenvalue weighted by Gasteiger charge is -2.13. The average molecular weight is 330 g/mol. The van der Waals surface area contributed by atoms with Crippen LogP contribution in [0.2, 0.25) is 0 Å². The van der Waals surface area contributed by atoms with Gasteiger partial charge in [-0.15, -0.1) is 0 Å². The monoisotopic (exact) mass is 330 g/mol. The summed E-state index contributed by atoms with van der Waals surface area (Å²) < 4.78 is 19.3. The minimum Gasteiger partial charge on any atom is -0.431 e. The molecule has 0 bridgehead atoms. The number of carbonyl (C=O) groups excluding carboxylic acids is 1. The van der Waals surface area contributed by atoms with Crippen molar-refractivity contribution in [3.8, 4) is 0 Å². The Balaban J connectivity index is 1.74. The second kappa shape index (κ2) is 6.83. The summed E-state index contributed by atoms with van der Waals surface area (Å²) in [6, 6.07) is 13.5. The van der Waals surface area contributed by atoms with Crippen molar-refractivity contribution in [3.63, 3.8) is 0 Å². The molecule has 1 N–H and O–H groups in total. The molecule has 1 unspecified atom stereocenters. The van der Waals surface area contributed by atoms with Crippen molar-refractivity contribution >= 4 is 34.5 Å². The van der Waals surface area contributed by atoms with Gasteiger partial charge in [-0.2, -0.15) is 0 Å². The number of anilines is 1. The van der Waals surface area contributed by atoms with Gasteiger partial charge in [0.25, 0.3) is 5.22 Å². The van der Waals surface area contributed by atoms with E-state index in [1.165, 1.54) is 23.9 Å². The molecule has 3 rings (SSSR count). The standard InChI is InChI=1S/C17H15FN2O2S/c1-2-15(16(21)19-12-8-4-3-7-11(12)18)23-17-20-13-9-5-6-10-14(13)22-17/h3-10,15H,2H2,1H3,(H,19,21). The van der Waals surface area contributed by atoms with Crippen LogP contribution in [0, 0.1) is 5.82 Å². The molecule has 1 amide bonds. The Kier molecular flexibility index (Phi) is 4.62. The molecular weight excluding hydrogens is 315 g/mol. The minimum atomic E-state index is -0.456. The first-order valence-electron chi connectivity index (χ1n) is 7.25. The van der Waals surface area contributed by atoms with Crippen molar-refractivity contribution in [2.75, 3.05) is 5.32 Å². The van der Waals surface area contributed by atoms with Crippen LogP contribution in [-0.4, -0.2) is 16.1 Å². The maximum absolute atomic E-state index is 13.6. The molecule has 23 heavy (non-hydrogen) atoms. The topological polar surface area (TPSA) is 55.1 Å². The van der Waals surface area contributed by atoms with E-state index in [2.05, 4.69) is 10.3 Å². The van der Waals surface area contributed by atoms with Crippen LogP contribution in [-0.2, 0) is 4.79 Å². The van der Waals surface area contributed by atoms with Crippen molar-refractivity contribution in [1.29, 1.82) is 0 Å². The van der Waals surface area contributed by atoms with E-state index in [4.69, 9.17) is 4.42 Å². The van der Waals surface area contributed by atoms with Gasteiger partial charge in [-0.25, -0.2) is 9.37 Å². The number of hydrogen-bond acceptors (Lipinski definition) is 4. The number of para-hydroxylation sites is 3. The third kappa shape index (κ3) is 3.53. The van der Waals surface area contributed by atoms with Crippen LogP contribution in [0.15, 0.2) is 58.2 Å². The minimum absolute atomic E-state index is 0.175. The Bertz CT molecular complexity index is 801. The molecule has 1 aromatic heterocycles. The number of amides is 1. The third-order valence-corrected chi connectivity index (χ3v) is 4.52. The molecule has 0 aliphatic carbocycles. The van der Waals surface area contributed by atoms with E-state index in [9.17, 15) is 9.18 Å². The normalized spacial score (nSPS) is 12.3. The maximum atomic E-state index is 13.6. The zero-order chi connectivity index (χ0) is 16.2. The molecule has 0 fully saturated rings. The van der Waals surface area contributed by atoms with Crippen LogP contribution in [0.1, 0.15) is 13.3 Å². The van der Waals surface area contributed by atoms with Gasteiger partial charge >= 0.3 is 0 Å². The highest BCUT2D eigenvalue weighted by atomic mass is 32.2. The SMILES string of the molecule is CCC(Sc1nc2ccccc2o1)C(=O)Nc1ccccc1F. The molecule has 0 spiro atoms. The predicted molar refractivity (Wildman–Crippen MR) is 89.0 cm³/mol. The number of nitrogens with zero attached hydrogens (tertiary/aromatic N) is 1. The molecule has 0 saturated carbocycles. The second-order valence-corrected chi connectivity index (χ2v) is 6.09. The van der Waals surface area contributed by atoms with Gasteiger partial charge in [0.2, 0.25) is 5.91 Å². The maximum Gasteiger partial charge on any atom is 0.257 e. The molecule has 0 saturated heterocycles. The summed E-state index contributed by atoms with van der Waals surface area (Å²) in [5, 5.41) is 2.63. The number of benzene rings is 2. The van der Waals surface area contributed by atoms with Crippen LogP contribution in [0.4, 0.5) is 10.1 Å². The molecular formula is C17H15FN2O2S. The lowest BCUT2D eigenvalue weighted by Crippen LogP contribution is -2.25. The number of nitrogens with one attached hydrogen (secondary N) is 1. The average Bonchev–Trinajstić information content (AvgIpc) is 2.97. The Morgan fingerprint density at radius 2 is 2.00 bits per heavy atom. The van der Waals surface area contributed by atoms with Gasteiger partial charge in [0, 0.05) is 0 Å². The molecule has 0 aliphatic rings. The molecule has 0 aliphatic heterocycles. The number of carbonyl (C=O) groups is 1. The van der Waals surface area contributed by atoms with Gasteiger partial charge in [0.05, 0.1) is 10.9 Å². The number of hydrogen-bond donors (Lipinski definition) is 1. The fourth-order valence-corrected chi connectivity index (χ4v) is 2.99.